The summed E-state index contributed by atoms with van der Waals surface area (Å²) >= 11 is 0. The van der Waals surface area contributed by atoms with Crippen LogP contribution >= 0.6 is 0 Å². The van der Waals surface area contributed by atoms with Gasteiger partial charge < -0.3 is 20.3 Å². The van der Waals surface area contributed by atoms with Crippen LogP contribution in [0.2, 0.25) is 0 Å². The molecule has 3 N–H and O–H groups in total. The van der Waals surface area contributed by atoms with Gasteiger partial charge in [-0.1, -0.05) is 30.3 Å². The van der Waals surface area contributed by atoms with E-state index in [2.05, 4.69) is 5.32 Å². The molecule has 0 bridgehead atoms. The van der Waals surface area contributed by atoms with E-state index >= 15 is 0 Å². The van der Waals surface area contributed by atoms with Crippen LogP contribution in [0.1, 0.15) is 12.0 Å². The lowest BCUT2D eigenvalue weighted by molar-refractivity contribution is 0.112. The van der Waals surface area contributed by atoms with Crippen molar-refractivity contribution >= 4 is 6.09 Å². The molecule has 5 heteroatoms. The van der Waals surface area contributed by atoms with E-state index in [1.54, 1.807) is 0 Å². The van der Waals surface area contributed by atoms with Crippen molar-refractivity contribution in [3.05, 3.63) is 35.9 Å². The summed E-state index contributed by atoms with van der Waals surface area (Å²) < 4.78 is 4.93. The monoisotopic (exact) mass is 239 g/mol. The molecule has 0 heterocycles. The van der Waals surface area contributed by atoms with E-state index in [4.69, 9.17) is 9.84 Å². The molecule has 1 amide bonds. The molecular formula is C12H17NO4. The van der Waals surface area contributed by atoms with E-state index in [1.807, 2.05) is 30.3 Å². The number of benzene rings is 1. The predicted octanol–water partition coefficient (Wildman–Crippen LogP) is 0.656. The first kappa shape index (κ1) is 13.5. The van der Waals surface area contributed by atoms with Gasteiger partial charge in [-0.25, -0.2) is 4.79 Å². The van der Waals surface area contributed by atoms with E-state index in [0.29, 0.717) is 0 Å². The van der Waals surface area contributed by atoms with Gasteiger partial charge in [-0.2, -0.15) is 0 Å². The van der Waals surface area contributed by atoms with Gasteiger partial charge >= 0.3 is 6.09 Å². The Kier molecular flexibility index (Phi) is 6.06. The highest BCUT2D eigenvalue weighted by molar-refractivity contribution is 5.67. The first-order valence-electron chi connectivity index (χ1n) is 5.46. The number of aliphatic hydroxyl groups is 2. The quantitative estimate of drug-likeness (QED) is 0.681. The molecule has 0 radical (unpaired) electrons. The van der Waals surface area contributed by atoms with E-state index < -0.39 is 12.2 Å². The fourth-order valence-corrected chi connectivity index (χ4v) is 1.23. The van der Waals surface area contributed by atoms with Crippen LogP contribution in [-0.2, 0) is 11.3 Å². The Morgan fingerprint density at radius 2 is 2.06 bits per heavy atom. The normalized spacial score (nSPS) is 11.9. The molecule has 0 aliphatic carbocycles. The van der Waals surface area contributed by atoms with Crippen molar-refractivity contribution in [3.8, 4) is 0 Å². The summed E-state index contributed by atoms with van der Waals surface area (Å²) in [6.45, 7) is 0.166. The smallest absolute Gasteiger partial charge is 0.407 e. The number of carbonyl (C=O) groups is 1. The Bertz CT molecular complexity index is 329. The predicted molar refractivity (Wildman–Crippen MR) is 62.3 cm³/mol. The summed E-state index contributed by atoms with van der Waals surface area (Å²) in [5, 5.41) is 20.2. The second-order valence-electron chi connectivity index (χ2n) is 3.61. The fourth-order valence-electron chi connectivity index (χ4n) is 1.23. The number of hydrogen-bond donors (Lipinski definition) is 3. The number of rotatable bonds is 6. The topological polar surface area (TPSA) is 78.8 Å². The van der Waals surface area contributed by atoms with Crippen LogP contribution < -0.4 is 5.32 Å². The Balaban J connectivity index is 2.17. The second kappa shape index (κ2) is 7.65. The summed E-state index contributed by atoms with van der Waals surface area (Å²) in [5.74, 6) is 0. The van der Waals surface area contributed by atoms with E-state index in [0.717, 1.165) is 5.56 Å². The summed E-state index contributed by atoms with van der Waals surface area (Å²) in [4.78, 5) is 11.2. The Labute approximate surface area is 100 Å². The molecule has 0 saturated heterocycles. The van der Waals surface area contributed by atoms with E-state index in [9.17, 15) is 9.90 Å². The van der Waals surface area contributed by atoms with Crippen LogP contribution in [0.25, 0.3) is 0 Å². The molecule has 0 spiro atoms. The molecule has 94 valence electrons. The van der Waals surface area contributed by atoms with E-state index in [1.165, 1.54) is 0 Å². The molecular weight excluding hydrogens is 222 g/mol. The standard InChI is InChI=1S/C12H17NO4/c14-7-6-11(15)8-13-12(16)17-9-10-4-2-1-3-5-10/h1-5,11,14-15H,6-9H2,(H,13,16). The van der Waals surface area contributed by atoms with Gasteiger partial charge in [0.2, 0.25) is 0 Å². The van der Waals surface area contributed by atoms with Crippen LogP contribution in [0, 0.1) is 0 Å². The Morgan fingerprint density at radius 1 is 1.35 bits per heavy atom. The van der Waals surface area contributed by atoms with Crippen LogP contribution in [0.3, 0.4) is 0 Å². The summed E-state index contributed by atoms with van der Waals surface area (Å²) in [6, 6.07) is 9.32. The number of ether oxygens (including phenoxy) is 1. The molecule has 0 aliphatic heterocycles. The van der Waals surface area contributed by atoms with Gasteiger partial charge in [-0.3, -0.25) is 0 Å². The molecule has 17 heavy (non-hydrogen) atoms. The second-order valence-corrected chi connectivity index (χ2v) is 3.61. The number of alkyl carbamates (subject to hydrolysis) is 1. The molecule has 1 aromatic carbocycles. The molecule has 1 atom stereocenters. The highest BCUT2D eigenvalue weighted by Gasteiger charge is 2.07. The number of nitrogens with one attached hydrogen (secondary N) is 1. The molecule has 0 fully saturated rings. The zero-order valence-corrected chi connectivity index (χ0v) is 9.50. The summed E-state index contributed by atoms with van der Waals surface area (Å²) in [6.07, 6.45) is -1.09. The van der Waals surface area contributed by atoms with Gasteiger partial charge in [-0.05, 0) is 12.0 Å². The molecule has 0 aliphatic rings. The van der Waals surface area contributed by atoms with E-state index in [-0.39, 0.29) is 26.2 Å². The van der Waals surface area contributed by atoms with Gasteiger partial charge in [0.1, 0.15) is 6.61 Å². The Hall–Kier alpha value is -1.59. The van der Waals surface area contributed by atoms with Gasteiger partial charge in [0.15, 0.2) is 0 Å². The van der Waals surface area contributed by atoms with Crippen molar-refractivity contribution in [1.82, 2.24) is 5.32 Å². The summed E-state index contributed by atoms with van der Waals surface area (Å²) in [7, 11) is 0. The largest absolute Gasteiger partial charge is 0.445 e. The van der Waals surface area contributed by atoms with Crippen molar-refractivity contribution in [1.29, 1.82) is 0 Å². The van der Waals surface area contributed by atoms with Crippen LogP contribution in [0.15, 0.2) is 30.3 Å². The minimum atomic E-state index is -0.746. The van der Waals surface area contributed by atoms with Crippen molar-refractivity contribution < 1.29 is 19.7 Å². The van der Waals surface area contributed by atoms with Gasteiger partial charge in [0.05, 0.1) is 6.10 Å². The zero-order valence-electron chi connectivity index (χ0n) is 9.50. The highest BCUT2D eigenvalue weighted by atomic mass is 16.5. The fraction of sp³-hybridized carbons (Fsp3) is 0.417. The number of carbonyl (C=O) groups excluding carboxylic acids is 1. The number of aliphatic hydroxyl groups excluding tert-OH is 2. The first-order chi connectivity index (χ1) is 8.22. The van der Waals surface area contributed by atoms with Crippen LogP contribution in [0.5, 0.6) is 0 Å². The molecule has 1 aromatic rings. The lowest BCUT2D eigenvalue weighted by atomic mass is 10.2. The van der Waals surface area contributed by atoms with Crippen LogP contribution in [-0.4, -0.2) is 35.6 Å². The third-order valence-electron chi connectivity index (χ3n) is 2.16. The summed E-state index contributed by atoms with van der Waals surface area (Å²) in [5.41, 5.74) is 0.901. The van der Waals surface area contributed by atoms with Gasteiger partial charge in [0, 0.05) is 13.2 Å². The van der Waals surface area contributed by atoms with Crippen molar-refractivity contribution in [2.24, 2.45) is 0 Å². The average molecular weight is 239 g/mol. The highest BCUT2D eigenvalue weighted by Crippen LogP contribution is 2.00. The lowest BCUT2D eigenvalue weighted by Gasteiger charge is -2.10. The lowest BCUT2D eigenvalue weighted by Crippen LogP contribution is -2.32. The Morgan fingerprint density at radius 3 is 2.71 bits per heavy atom. The third-order valence-corrected chi connectivity index (χ3v) is 2.16. The van der Waals surface area contributed by atoms with Crippen molar-refractivity contribution in [3.63, 3.8) is 0 Å². The average Bonchev–Trinajstić information content (AvgIpc) is 2.35. The maximum Gasteiger partial charge on any atom is 0.407 e. The minimum Gasteiger partial charge on any atom is -0.445 e. The molecule has 0 saturated carbocycles. The SMILES string of the molecule is O=C(NCC(O)CCO)OCc1ccccc1. The molecule has 0 aromatic heterocycles. The number of amides is 1. The minimum absolute atomic E-state index is 0.0776. The molecule has 5 nitrogen and oxygen atoms in total. The van der Waals surface area contributed by atoms with Crippen molar-refractivity contribution in [2.45, 2.75) is 19.1 Å². The first-order valence-corrected chi connectivity index (χ1v) is 5.46. The maximum absolute atomic E-state index is 11.2. The van der Waals surface area contributed by atoms with Gasteiger partial charge in [0.25, 0.3) is 0 Å². The molecule has 1 unspecified atom stereocenters. The third kappa shape index (κ3) is 5.89. The maximum atomic E-state index is 11.2. The van der Waals surface area contributed by atoms with Gasteiger partial charge in [-0.15, -0.1) is 0 Å². The molecule has 1 rings (SSSR count). The number of hydrogen-bond acceptors (Lipinski definition) is 4. The van der Waals surface area contributed by atoms with Crippen LogP contribution in [0.4, 0.5) is 4.79 Å². The zero-order chi connectivity index (χ0) is 12.5. The van der Waals surface area contributed by atoms with Crippen molar-refractivity contribution in [2.75, 3.05) is 13.2 Å².